The molecule has 2 unspecified atom stereocenters. The number of nitro groups is 1. The minimum absolute atomic E-state index is 0.0529. The summed E-state index contributed by atoms with van der Waals surface area (Å²) in [7, 11) is 0. The lowest BCUT2D eigenvalue weighted by molar-refractivity contribution is -0.385. The molecule has 1 aliphatic heterocycles. The zero-order valence-corrected chi connectivity index (χ0v) is 20.0. The lowest BCUT2D eigenvalue weighted by Crippen LogP contribution is -2.41. The second-order valence-electron chi connectivity index (χ2n) is 7.81. The van der Waals surface area contributed by atoms with Gasteiger partial charge in [0.15, 0.2) is 6.30 Å². The van der Waals surface area contributed by atoms with Crippen LogP contribution in [-0.4, -0.2) is 36.2 Å². The van der Waals surface area contributed by atoms with Crippen LogP contribution in [0.2, 0.25) is 10.0 Å². The van der Waals surface area contributed by atoms with E-state index in [1.165, 1.54) is 36.4 Å². The summed E-state index contributed by atoms with van der Waals surface area (Å²) in [6, 6.07) is 14.6. The van der Waals surface area contributed by atoms with Crippen LogP contribution >= 0.6 is 23.2 Å². The van der Waals surface area contributed by atoms with E-state index in [1.807, 2.05) is 0 Å². The predicted molar refractivity (Wildman–Crippen MR) is 133 cm³/mol. The third-order valence-electron chi connectivity index (χ3n) is 5.41. The molecule has 2 amide bonds. The second kappa shape index (κ2) is 11.0. The van der Waals surface area contributed by atoms with E-state index in [-0.39, 0.29) is 40.1 Å². The Bertz CT molecular complexity index is 1340. The summed E-state index contributed by atoms with van der Waals surface area (Å²) in [6.07, 6.45) is -1.33. The van der Waals surface area contributed by atoms with Crippen LogP contribution in [0.1, 0.15) is 32.3 Å². The molecule has 0 radical (unpaired) electrons. The predicted octanol–water partition coefficient (Wildman–Crippen LogP) is 5.36. The molecule has 36 heavy (non-hydrogen) atoms. The van der Waals surface area contributed by atoms with Crippen molar-refractivity contribution in [3.63, 3.8) is 0 Å². The molecule has 3 aromatic carbocycles. The highest BCUT2D eigenvalue weighted by molar-refractivity contribution is 6.35. The Morgan fingerprint density at radius 1 is 0.972 bits per heavy atom. The monoisotopic (exact) mass is 532 g/mol. The topological polar surface area (TPSA) is 123 Å². The van der Waals surface area contributed by atoms with Crippen LogP contribution in [0.25, 0.3) is 0 Å². The number of ether oxygens (including phenoxy) is 1. The van der Waals surface area contributed by atoms with Gasteiger partial charge in [-0.05, 0) is 42.0 Å². The van der Waals surface area contributed by atoms with Gasteiger partial charge >= 0.3 is 5.69 Å². The van der Waals surface area contributed by atoms with Crippen LogP contribution in [0.5, 0.6) is 0 Å². The SMILES string of the molecule is O=C(Nc1ccccc1C1COCC(F)N1)c1ccc(Cl)c(NC(=O)c2cccc(Cl)c2[N+](=O)[O-])c1. The summed E-state index contributed by atoms with van der Waals surface area (Å²) in [5.41, 5.74) is 0.507. The molecule has 4 rings (SSSR count). The Kier molecular flexibility index (Phi) is 7.80. The molecule has 0 aromatic heterocycles. The molecule has 3 N–H and O–H groups in total. The number of amides is 2. The molecular formula is C24H19Cl2FN4O5. The quantitative estimate of drug-likeness (QED) is 0.223. The Morgan fingerprint density at radius 2 is 1.72 bits per heavy atom. The number of nitro benzene ring substituents is 1. The molecule has 0 aliphatic carbocycles. The Balaban J connectivity index is 1.56. The lowest BCUT2D eigenvalue weighted by Gasteiger charge is -2.28. The van der Waals surface area contributed by atoms with E-state index >= 15 is 0 Å². The maximum Gasteiger partial charge on any atom is 0.300 e. The molecule has 9 nitrogen and oxygen atoms in total. The fourth-order valence-corrected chi connectivity index (χ4v) is 4.14. The number of halogens is 3. The number of carbonyl (C=O) groups excluding carboxylic acids is 2. The Hall–Kier alpha value is -3.57. The Morgan fingerprint density at radius 3 is 2.47 bits per heavy atom. The van der Waals surface area contributed by atoms with Crippen molar-refractivity contribution in [1.29, 1.82) is 0 Å². The van der Waals surface area contributed by atoms with E-state index in [1.54, 1.807) is 24.3 Å². The van der Waals surface area contributed by atoms with E-state index in [0.29, 0.717) is 11.3 Å². The molecule has 2 atom stereocenters. The van der Waals surface area contributed by atoms with Gasteiger partial charge in [-0.2, -0.15) is 0 Å². The number of nitrogens with one attached hydrogen (secondary N) is 3. The number of benzene rings is 3. The highest BCUT2D eigenvalue weighted by Crippen LogP contribution is 2.31. The summed E-state index contributed by atoms with van der Waals surface area (Å²) in [6.45, 7) is 0.183. The van der Waals surface area contributed by atoms with E-state index in [9.17, 15) is 24.1 Å². The molecule has 186 valence electrons. The standard InChI is InChI=1S/C24H19Cl2FN4O5/c25-16-9-8-13(10-19(16)30-24(33)15-5-3-6-17(26)22(15)31(34)35)23(32)29-18-7-2-1-4-14(18)20-11-36-12-21(27)28-20/h1-10,20-21,28H,11-12H2,(H,29,32)(H,30,33). The molecule has 1 fully saturated rings. The maximum absolute atomic E-state index is 13.8. The van der Waals surface area contributed by atoms with E-state index in [4.69, 9.17) is 27.9 Å². The van der Waals surface area contributed by atoms with Gasteiger partial charge in [-0.15, -0.1) is 0 Å². The van der Waals surface area contributed by atoms with Gasteiger partial charge in [0.25, 0.3) is 11.8 Å². The van der Waals surface area contributed by atoms with Crippen LogP contribution in [0, 0.1) is 10.1 Å². The number of hydrogen-bond acceptors (Lipinski definition) is 6. The molecule has 0 bridgehead atoms. The van der Waals surface area contributed by atoms with Crippen LogP contribution in [0.4, 0.5) is 21.5 Å². The molecule has 1 saturated heterocycles. The van der Waals surface area contributed by atoms with Crippen molar-refractivity contribution in [2.75, 3.05) is 23.8 Å². The first-order valence-corrected chi connectivity index (χ1v) is 11.4. The maximum atomic E-state index is 13.8. The summed E-state index contributed by atoms with van der Waals surface area (Å²) >= 11 is 12.1. The van der Waals surface area contributed by atoms with Crippen molar-refractivity contribution in [3.8, 4) is 0 Å². The second-order valence-corrected chi connectivity index (χ2v) is 8.62. The van der Waals surface area contributed by atoms with Gasteiger partial charge in [0.1, 0.15) is 10.6 Å². The zero-order chi connectivity index (χ0) is 25.8. The van der Waals surface area contributed by atoms with Gasteiger partial charge in [-0.1, -0.05) is 47.5 Å². The summed E-state index contributed by atoms with van der Waals surface area (Å²) in [4.78, 5) is 36.4. The van der Waals surface area contributed by atoms with Gasteiger partial charge in [0.05, 0.1) is 34.9 Å². The zero-order valence-electron chi connectivity index (χ0n) is 18.5. The number of anilines is 2. The highest BCUT2D eigenvalue weighted by Gasteiger charge is 2.26. The summed E-state index contributed by atoms with van der Waals surface area (Å²) in [5.74, 6) is -1.34. The molecular weight excluding hydrogens is 514 g/mol. The number of para-hydroxylation sites is 2. The van der Waals surface area contributed by atoms with E-state index in [0.717, 1.165) is 0 Å². The van der Waals surface area contributed by atoms with Crippen LogP contribution in [0.15, 0.2) is 60.7 Å². The van der Waals surface area contributed by atoms with Gasteiger partial charge in [-0.25, -0.2) is 4.39 Å². The van der Waals surface area contributed by atoms with Crippen molar-refractivity contribution in [1.82, 2.24) is 5.32 Å². The van der Waals surface area contributed by atoms with Crippen LogP contribution in [-0.2, 0) is 4.74 Å². The van der Waals surface area contributed by atoms with Gasteiger partial charge in [0, 0.05) is 11.3 Å². The summed E-state index contributed by atoms with van der Waals surface area (Å²) in [5, 5.41) is 19.4. The minimum Gasteiger partial charge on any atom is -0.375 e. The smallest absolute Gasteiger partial charge is 0.300 e. The van der Waals surface area contributed by atoms with E-state index < -0.39 is 34.8 Å². The van der Waals surface area contributed by atoms with Crippen molar-refractivity contribution in [3.05, 3.63) is 97.5 Å². The molecule has 1 heterocycles. The summed E-state index contributed by atoms with van der Waals surface area (Å²) < 4.78 is 19.0. The van der Waals surface area contributed by atoms with Gasteiger partial charge < -0.3 is 15.4 Å². The first-order valence-electron chi connectivity index (χ1n) is 10.7. The molecule has 0 saturated carbocycles. The fraction of sp³-hybridized carbons (Fsp3) is 0.167. The highest BCUT2D eigenvalue weighted by atomic mass is 35.5. The third-order valence-corrected chi connectivity index (χ3v) is 6.04. The number of alkyl halides is 1. The number of rotatable bonds is 6. The van der Waals surface area contributed by atoms with Crippen LogP contribution < -0.4 is 16.0 Å². The average molecular weight is 533 g/mol. The number of carbonyl (C=O) groups is 2. The first-order chi connectivity index (χ1) is 17.2. The van der Waals surface area contributed by atoms with Crippen molar-refractivity contribution in [2.24, 2.45) is 0 Å². The third kappa shape index (κ3) is 5.63. The Labute approximate surface area is 214 Å². The fourth-order valence-electron chi connectivity index (χ4n) is 3.73. The van der Waals surface area contributed by atoms with Gasteiger partial charge in [-0.3, -0.25) is 25.0 Å². The molecule has 12 heteroatoms. The van der Waals surface area contributed by atoms with Crippen molar-refractivity contribution >= 4 is 52.1 Å². The molecule has 0 spiro atoms. The number of nitrogens with zero attached hydrogens (tertiary/aromatic N) is 1. The van der Waals surface area contributed by atoms with Crippen LogP contribution in [0.3, 0.4) is 0 Å². The largest absolute Gasteiger partial charge is 0.375 e. The molecule has 1 aliphatic rings. The normalized spacial score (nSPS) is 17.3. The number of hydrogen-bond donors (Lipinski definition) is 3. The van der Waals surface area contributed by atoms with E-state index in [2.05, 4.69) is 16.0 Å². The minimum atomic E-state index is -1.33. The van der Waals surface area contributed by atoms with Gasteiger partial charge in [0.2, 0.25) is 0 Å². The average Bonchev–Trinajstić information content (AvgIpc) is 2.85. The molecule has 3 aromatic rings. The first kappa shape index (κ1) is 25.5. The van der Waals surface area contributed by atoms with Crippen molar-refractivity contribution < 1.29 is 23.6 Å². The van der Waals surface area contributed by atoms with Crippen molar-refractivity contribution in [2.45, 2.75) is 12.3 Å². The number of morpholine rings is 1. The lowest BCUT2D eigenvalue weighted by atomic mass is 10.0.